The third kappa shape index (κ3) is 4.20. The number of rotatable bonds is 6. The van der Waals surface area contributed by atoms with Crippen molar-refractivity contribution in [3.63, 3.8) is 0 Å². The van der Waals surface area contributed by atoms with E-state index in [-0.39, 0.29) is 5.76 Å². The van der Waals surface area contributed by atoms with Crippen LogP contribution in [-0.2, 0) is 6.42 Å². The summed E-state index contributed by atoms with van der Waals surface area (Å²) in [4.78, 5) is 0. The van der Waals surface area contributed by atoms with Gasteiger partial charge in [0.15, 0.2) is 0 Å². The topological polar surface area (TPSA) is 20.2 Å². The number of aliphatic hydroxyl groups is 1. The average molecular weight is 204 g/mol. The lowest BCUT2D eigenvalue weighted by atomic mass is 10.0. The lowest BCUT2D eigenvalue weighted by molar-refractivity contribution is 0.514. The predicted molar refractivity (Wildman–Crippen MR) is 66.0 cm³/mol. The molecule has 1 aromatic rings. The van der Waals surface area contributed by atoms with Crippen LogP contribution in [0.3, 0.4) is 0 Å². The van der Waals surface area contributed by atoms with Crippen molar-refractivity contribution in [3.8, 4) is 0 Å². The molecule has 15 heavy (non-hydrogen) atoms. The molecule has 1 aromatic carbocycles. The van der Waals surface area contributed by atoms with E-state index in [0.29, 0.717) is 0 Å². The van der Waals surface area contributed by atoms with Crippen molar-refractivity contribution >= 4 is 5.76 Å². The van der Waals surface area contributed by atoms with E-state index in [1.165, 1.54) is 31.2 Å². The summed E-state index contributed by atoms with van der Waals surface area (Å²) in [6, 6.07) is 8.00. The van der Waals surface area contributed by atoms with E-state index in [9.17, 15) is 0 Å². The minimum atomic E-state index is 0.146. The number of unbranched alkanes of at least 4 members (excludes halogenated alkanes) is 3. The van der Waals surface area contributed by atoms with Gasteiger partial charge < -0.3 is 5.11 Å². The molecule has 1 heteroatoms. The zero-order chi connectivity index (χ0) is 11.1. The molecule has 0 bridgehead atoms. The molecule has 0 spiro atoms. The van der Waals surface area contributed by atoms with Crippen LogP contribution in [0.25, 0.3) is 5.76 Å². The maximum Gasteiger partial charge on any atom is 0.115 e. The molecule has 0 amide bonds. The Bertz CT molecular complexity index is 298. The number of hydrogen-bond donors (Lipinski definition) is 1. The van der Waals surface area contributed by atoms with Gasteiger partial charge in [-0.05, 0) is 18.4 Å². The molecule has 0 saturated carbocycles. The van der Waals surface area contributed by atoms with Crippen molar-refractivity contribution in [2.75, 3.05) is 0 Å². The Morgan fingerprint density at radius 2 is 1.80 bits per heavy atom. The Labute approximate surface area is 92.5 Å². The Hall–Kier alpha value is -1.24. The van der Waals surface area contributed by atoms with Crippen LogP contribution in [0.2, 0.25) is 0 Å². The minimum absolute atomic E-state index is 0.146. The van der Waals surface area contributed by atoms with Crippen LogP contribution in [0.5, 0.6) is 0 Å². The van der Waals surface area contributed by atoms with Crippen molar-refractivity contribution in [3.05, 3.63) is 42.0 Å². The van der Waals surface area contributed by atoms with Crippen molar-refractivity contribution < 1.29 is 5.11 Å². The summed E-state index contributed by atoms with van der Waals surface area (Å²) >= 11 is 0. The normalized spacial score (nSPS) is 10.2. The van der Waals surface area contributed by atoms with E-state index >= 15 is 0 Å². The van der Waals surface area contributed by atoms with Gasteiger partial charge >= 0.3 is 0 Å². The smallest absolute Gasteiger partial charge is 0.115 e. The van der Waals surface area contributed by atoms with Gasteiger partial charge in [0.05, 0.1) is 0 Å². The fraction of sp³-hybridized carbons (Fsp3) is 0.429. The van der Waals surface area contributed by atoms with Crippen molar-refractivity contribution in [2.45, 2.75) is 39.0 Å². The van der Waals surface area contributed by atoms with Crippen LogP contribution >= 0.6 is 0 Å². The molecule has 0 saturated heterocycles. The van der Waals surface area contributed by atoms with Crippen LogP contribution in [0, 0.1) is 0 Å². The van der Waals surface area contributed by atoms with Gasteiger partial charge in [-0.15, -0.1) is 0 Å². The molecule has 1 N–H and O–H groups in total. The molecule has 0 aliphatic carbocycles. The fourth-order valence-electron chi connectivity index (χ4n) is 1.62. The van der Waals surface area contributed by atoms with Gasteiger partial charge in [-0.2, -0.15) is 0 Å². The number of benzene rings is 1. The predicted octanol–water partition coefficient (Wildman–Crippen LogP) is 4.34. The Balaban J connectivity index is 2.39. The van der Waals surface area contributed by atoms with Crippen LogP contribution in [0.4, 0.5) is 0 Å². The SMILES string of the molecule is C=C(O)c1ccc(CCCCCC)cc1. The highest BCUT2D eigenvalue weighted by molar-refractivity contribution is 5.55. The van der Waals surface area contributed by atoms with E-state index < -0.39 is 0 Å². The van der Waals surface area contributed by atoms with Crippen molar-refractivity contribution in [1.29, 1.82) is 0 Å². The van der Waals surface area contributed by atoms with Gasteiger partial charge in [0.2, 0.25) is 0 Å². The zero-order valence-electron chi connectivity index (χ0n) is 9.50. The highest BCUT2D eigenvalue weighted by atomic mass is 16.3. The van der Waals surface area contributed by atoms with E-state index in [0.717, 1.165) is 12.0 Å². The zero-order valence-corrected chi connectivity index (χ0v) is 9.50. The molecule has 0 aliphatic rings. The monoisotopic (exact) mass is 204 g/mol. The summed E-state index contributed by atoms with van der Waals surface area (Å²) in [6.45, 7) is 5.72. The summed E-state index contributed by atoms with van der Waals surface area (Å²) in [5, 5.41) is 9.17. The second-order valence-electron chi connectivity index (χ2n) is 3.95. The molecule has 0 radical (unpaired) electrons. The van der Waals surface area contributed by atoms with E-state index in [1.54, 1.807) is 0 Å². The van der Waals surface area contributed by atoms with Crippen molar-refractivity contribution in [1.82, 2.24) is 0 Å². The first-order valence-corrected chi connectivity index (χ1v) is 5.71. The third-order valence-corrected chi connectivity index (χ3v) is 2.61. The van der Waals surface area contributed by atoms with Gasteiger partial charge in [0.25, 0.3) is 0 Å². The highest BCUT2D eigenvalue weighted by Gasteiger charge is 1.96. The van der Waals surface area contributed by atoms with E-state index in [4.69, 9.17) is 5.11 Å². The largest absolute Gasteiger partial charge is 0.508 e. The second-order valence-corrected chi connectivity index (χ2v) is 3.95. The lowest BCUT2D eigenvalue weighted by Crippen LogP contribution is -1.87. The first-order valence-electron chi connectivity index (χ1n) is 5.71. The molecular weight excluding hydrogens is 184 g/mol. The van der Waals surface area contributed by atoms with E-state index in [1.807, 2.05) is 12.1 Å². The molecule has 1 rings (SSSR count). The summed E-state index contributed by atoms with van der Waals surface area (Å²) in [6.07, 6.45) is 6.31. The number of aliphatic hydroxyl groups excluding tert-OH is 1. The van der Waals surface area contributed by atoms with Gasteiger partial charge in [0.1, 0.15) is 5.76 Å². The first kappa shape index (κ1) is 11.8. The summed E-state index contributed by atoms with van der Waals surface area (Å²) in [5.41, 5.74) is 2.16. The summed E-state index contributed by atoms with van der Waals surface area (Å²) in [5.74, 6) is 0.146. The van der Waals surface area contributed by atoms with Gasteiger partial charge in [-0.3, -0.25) is 0 Å². The molecule has 0 heterocycles. The standard InChI is InChI=1S/C14H20O/c1-3-4-5-6-7-13-8-10-14(11-9-13)12(2)15/h8-11,15H,2-7H2,1H3. The average Bonchev–Trinajstić information content (AvgIpc) is 2.25. The first-order chi connectivity index (χ1) is 7.24. The number of aryl methyl sites for hydroxylation is 1. The van der Waals surface area contributed by atoms with Gasteiger partial charge in [0, 0.05) is 5.56 Å². The Morgan fingerprint density at radius 3 is 2.33 bits per heavy atom. The van der Waals surface area contributed by atoms with Gasteiger partial charge in [-0.25, -0.2) is 0 Å². The third-order valence-electron chi connectivity index (χ3n) is 2.61. The highest BCUT2D eigenvalue weighted by Crippen LogP contribution is 2.13. The summed E-state index contributed by atoms with van der Waals surface area (Å²) in [7, 11) is 0. The maximum atomic E-state index is 9.17. The molecule has 0 atom stereocenters. The molecular formula is C14H20O. The number of hydrogen-bond acceptors (Lipinski definition) is 1. The second kappa shape index (κ2) is 6.28. The van der Waals surface area contributed by atoms with Crippen LogP contribution < -0.4 is 0 Å². The molecule has 82 valence electrons. The van der Waals surface area contributed by atoms with Crippen LogP contribution in [0.1, 0.15) is 43.7 Å². The van der Waals surface area contributed by atoms with Crippen LogP contribution in [0.15, 0.2) is 30.8 Å². The molecule has 0 unspecified atom stereocenters. The Morgan fingerprint density at radius 1 is 1.13 bits per heavy atom. The summed E-state index contributed by atoms with van der Waals surface area (Å²) < 4.78 is 0. The minimum Gasteiger partial charge on any atom is -0.508 e. The maximum absolute atomic E-state index is 9.17. The fourth-order valence-corrected chi connectivity index (χ4v) is 1.62. The van der Waals surface area contributed by atoms with Gasteiger partial charge in [-0.1, -0.05) is 57.0 Å². The van der Waals surface area contributed by atoms with E-state index in [2.05, 4.69) is 25.6 Å². The van der Waals surface area contributed by atoms with Crippen LogP contribution in [-0.4, -0.2) is 5.11 Å². The molecule has 0 aromatic heterocycles. The Kier molecular flexibility index (Phi) is 4.96. The lowest BCUT2D eigenvalue weighted by Gasteiger charge is -2.03. The van der Waals surface area contributed by atoms with Crippen molar-refractivity contribution in [2.24, 2.45) is 0 Å². The molecule has 1 nitrogen and oxygen atoms in total. The quantitative estimate of drug-likeness (QED) is 0.540. The molecule has 0 fully saturated rings. The molecule has 0 aliphatic heterocycles.